The van der Waals surface area contributed by atoms with Crippen molar-refractivity contribution in [3.8, 4) is 11.5 Å². The van der Waals surface area contributed by atoms with Crippen molar-refractivity contribution in [1.82, 2.24) is 5.32 Å². The molecule has 2 N–H and O–H groups in total. The van der Waals surface area contributed by atoms with Gasteiger partial charge in [0.1, 0.15) is 18.1 Å². The molecular formula is C17H19ClN2O5S. The van der Waals surface area contributed by atoms with Crippen LogP contribution in [0.2, 0.25) is 5.02 Å². The Labute approximate surface area is 157 Å². The lowest BCUT2D eigenvalue weighted by Crippen LogP contribution is -2.28. The van der Waals surface area contributed by atoms with E-state index in [0.29, 0.717) is 5.75 Å². The van der Waals surface area contributed by atoms with Crippen molar-refractivity contribution in [2.45, 2.75) is 0 Å². The maximum Gasteiger partial charge on any atom is 0.252 e. The highest BCUT2D eigenvalue weighted by atomic mass is 35.5. The first-order valence-corrected chi connectivity index (χ1v) is 9.88. The number of sulfonamides is 1. The summed E-state index contributed by atoms with van der Waals surface area (Å²) in [4.78, 5) is 12.2. The lowest BCUT2D eigenvalue weighted by atomic mass is 10.2. The molecule has 7 nitrogen and oxygen atoms in total. The zero-order chi connectivity index (χ0) is 19.2. The van der Waals surface area contributed by atoms with Crippen molar-refractivity contribution in [3.63, 3.8) is 0 Å². The summed E-state index contributed by atoms with van der Waals surface area (Å²) in [6.07, 6.45) is 1.03. The minimum absolute atomic E-state index is 0.171. The molecule has 0 aromatic heterocycles. The van der Waals surface area contributed by atoms with E-state index in [1.165, 1.54) is 18.2 Å². The minimum atomic E-state index is -3.44. The molecule has 0 saturated heterocycles. The summed E-state index contributed by atoms with van der Waals surface area (Å²) in [6, 6.07) is 11.4. The van der Waals surface area contributed by atoms with Gasteiger partial charge in [0.05, 0.1) is 30.5 Å². The van der Waals surface area contributed by atoms with Crippen molar-refractivity contribution >= 4 is 33.2 Å². The maximum absolute atomic E-state index is 12.2. The Bertz CT molecular complexity index is 869. The van der Waals surface area contributed by atoms with Crippen LogP contribution in [0.5, 0.6) is 11.5 Å². The van der Waals surface area contributed by atoms with Gasteiger partial charge in [-0.05, 0) is 42.5 Å². The van der Waals surface area contributed by atoms with E-state index in [0.717, 1.165) is 12.0 Å². The summed E-state index contributed by atoms with van der Waals surface area (Å²) in [5.74, 6) is 0.950. The first kappa shape index (κ1) is 19.9. The third-order valence-corrected chi connectivity index (χ3v) is 4.17. The van der Waals surface area contributed by atoms with Crippen LogP contribution in [-0.4, -0.2) is 40.8 Å². The van der Waals surface area contributed by atoms with Gasteiger partial charge < -0.3 is 14.8 Å². The van der Waals surface area contributed by atoms with Gasteiger partial charge in [0.2, 0.25) is 10.0 Å². The Morgan fingerprint density at radius 2 is 1.77 bits per heavy atom. The number of carbonyl (C=O) groups is 1. The van der Waals surface area contributed by atoms with Gasteiger partial charge in [-0.1, -0.05) is 11.6 Å². The summed E-state index contributed by atoms with van der Waals surface area (Å²) in [5, 5.41) is 2.89. The first-order chi connectivity index (χ1) is 12.3. The summed E-state index contributed by atoms with van der Waals surface area (Å²) in [7, 11) is -1.86. The van der Waals surface area contributed by atoms with Crippen molar-refractivity contribution in [3.05, 3.63) is 53.1 Å². The van der Waals surface area contributed by atoms with Crippen LogP contribution in [0.1, 0.15) is 10.4 Å². The van der Waals surface area contributed by atoms with Crippen molar-refractivity contribution in [1.29, 1.82) is 0 Å². The van der Waals surface area contributed by atoms with Gasteiger partial charge in [0.15, 0.2) is 0 Å². The Balaban J connectivity index is 1.89. The van der Waals surface area contributed by atoms with Crippen LogP contribution in [0.3, 0.4) is 0 Å². The summed E-state index contributed by atoms with van der Waals surface area (Å²) >= 11 is 6.02. The topological polar surface area (TPSA) is 93.7 Å². The number of anilines is 1. The van der Waals surface area contributed by atoms with Gasteiger partial charge in [0.25, 0.3) is 5.91 Å². The average Bonchev–Trinajstić information content (AvgIpc) is 2.59. The second kappa shape index (κ2) is 8.77. The number of amides is 1. The normalized spacial score (nSPS) is 10.9. The molecule has 0 atom stereocenters. The smallest absolute Gasteiger partial charge is 0.252 e. The fourth-order valence-corrected chi connectivity index (χ4v) is 2.84. The second-order valence-electron chi connectivity index (χ2n) is 5.35. The quantitative estimate of drug-likeness (QED) is 0.666. The zero-order valence-electron chi connectivity index (χ0n) is 14.3. The average molecular weight is 399 g/mol. The minimum Gasteiger partial charge on any atom is -0.497 e. The molecule has 2 aromatic carbocycles. The predicted octanol–water partition coefficient (Wildman–Crippen LogP) is 2.53. The molecule has 0 heterocycles. The van der Waals surface area contributed by atoms with Crippen LogP contribution >= 0.6 is 11.6 Å². The number of rotatable bonds is 8. The van der Waals surface area contributed by atoms with E-state index in [4.69, 9.17) is 21.1 Å². The molecule has 0 aliphatic heterocycles. The Morgan fingerprint density at radius 1 is 1.12 bits per heavy atom. The molecule has 9 heteroatoms. The van der Waals surface area contributed by atoms with Crippen LogP contribution in [0, 0.1) is 0 Å². The molecule has 0 fully saturated rings. The number of halogens is 1. The number of hydrogen-bond acceptors (Lipinski definition) is 5. The lowest BCUT2D eigenvalue weighted by molar-refractivity contribution is 0.0947. The Hall–Kier alpha value is -2.45. The van der Waals surface area contributed by atoms with Gasteiger partial charge >= 0.3 is 0 Å². The highest BCUT2D eigenvalue weighted by molar-refractivity contribution is 7.92. The SMILES string of the molecule is COc1ccc(OCCNC(=O)c2cc(NS(C)(=O)=O)ccc2Cl)cc1. The van der Waals surface area contributed by atoms with Crippen LogP contribution in [0.25, 0.3) is 0 Å². The highest BCUT2D eigenvalue weighted by Gasteiger charge is 2.12. The van der Waals surface area contributed by atoms with Crippen molar-refractivity contribution in [2.75, 3.05) is 31.2 Å². The number of nitrogens with one attached hydrogen (secondary N) is 2. The summed E-state index contributed by atoms with van der Waals surface area (Å²) < 4.78 is 35.4. The molecule has 2 aromatic rings. The van der Waals surface area contributed by atoms with Gasteiger partial charge in [0, 0.05) is 5.69 Å². The third kappa shape index (κ3) is 6.12. The van der Waals surface area contributed by atoms with Crippen LogP contribution in [0.15, 0.2) is 42.5 Å². The summed E-state index contributed by atoms with van der Waals surface area (Å²) in [6.45, 7) is 0.516. The molecule has 0 unspecified atom stereocenters. The summed E-state index contributed by atoms with van der Waals surface area (Å²) in [5.41, 5.74) is 0.432. The monoisotopic (exact) mass is 398 g/mol. The van der Waals surface area contributed by atoms with Gasteiger partial charge in [-0.2, -0.15) is 0 Å². The third-order valence-electron chi connectivity index (χ3n) is 3.23. The van der Waals surface area contributed by atoms with Gasteiger partial charge in [-0.15, -0.1) is 0 Å². The number of benzene rings is 2. The molecule has 140 valence electrons. The van der Waals surface area contributed by atoms with Crippen molar-refractivity contribution < 1.29 is 22.7 Å². The highest BCUT2D eigenvalue weighted by Crippen LogP contribution is 2.21. The molecule has 0 aliphatic carbocycles. The van der Waals surface area contributed by atoms with Gasteiger partial charge in [-0.3, -0.25) is 9.52 Å². The van der Waals surface area contributed by atoms with E-state index in [1.54, 1.807) is 31.4 Å². The first-order valence-electron chi connectivity index (χ1n) is 7.61. The van der Waals surface area contributed by atoms with Crippen LogP contribution in [0.4, 0.5) is 5.69 Å². The standard InChI is InChI=1S/C17H19ClN2O5S/c1-24-13-4-6-14(7-5-13)25-10-9-19-17(21)15-11-12(3-8-16(15)18)20-26(2,22)23/h3-8,11,20H,9-10H2,1-2H3,(H,19,21). The van der Waals surface area contributed by atoms with E-state index in [-0.39, 0.29) is 29.4 Å². The zero-order valence-corrected chi connectivity index (χ0v) is 15.9. The van der Waals surface area contributed by atoms with E-state index >= 15 is 0 Å². The molecule has 0 spiro atoms. The molecule has 2 rings (SSSR count). The molecule has 0 saturated carbocycles. The number of methoxy groups -OCH3 is 1. The Morgan fingerprint density at radius 3 is 2.38 bits per heavy atom. The molecular weight excluding hydrogens is 380 g/mol. The fraction of sp³-hybridized carbons (Fsp3) is 0.235. The molecule has 26 heavy (non-hydrogen) atoms. The second-order valence-corrected chi connectivity index (χ2v) is 7.50. The lowest BCUT2D eigenvalue weighted by Gasteiger charge is -2.11. The Kier molecular flexibility index (Phi) is 6.70. The van der Waals surface area contributed by atoms with E-state index in [9.17, 15) is 13.2 Å². The maximum atomic E-state index is 12.2. The fourth-order valence-electron chi connectivity index (χ4n) is 2.08. The largest absolute Gasteiger partial charge is 0.497 e. The molecule has 0 aliphatic rings. The van der Waals surface area contributed by atoms with E-state index in [1.807, 2.05) is 0 Å². The van der Waals surface area contributed by atoms with Gasteiger partial charge in [-0.25, -0.2) is 8.42 Å². The molecule has 1 amide bonds. The predicted molar refractivity (Wildman–Crippen MR) is 101 cm³/mol. The van der Waals surface area contributed by atoms with E-state index in [2.05, 4.69) is 10.0 Å². The van der Waals surface area contributed by atoms with E-state index < -0.39 is 15.9 Å². The molecule has 0 bridgehead atoms. The van der Waals surface area contributed by atoms with Crippen LogP contribution < -0.4 is 19.5 Å². The van der Waals surface area contributed by atoms with Crippen molar-refractivity contribution in [2.24, 2.45) is 0 Å². The molecule has 0 radical (unpaired) electrons. The van der Waals surface area contributed by atoms with Crippen LogP contribution in [-0.2, 0) is 10.0 Å². The number of carbonyl (C=O) groups excluding carboxylic acids is 1. The number of hydrogen-bond donors (Lipinski definition) is 2. The number of ether oxygens (including phenoxy) is 2.